The number of piperidine rings is 1. The molecule has 2 amide bonds. The number of aryl methyl sites for hydroxylation is 1. The molecule has 1 atom stereocenters. The molecule has 1 saturated heterocycles. The Morgan fingerprint density at radius 2 is 1.93 bits per heavy atom. The van der Waals surface area contributed by atoms with Crippen molar-refractivity contribution < 1.29 is 14.3 Å². The van der Waals surface area contributed by atoms with E-state index in [4.69, 9.17) is 4.74 Å². The number of rotatable bonds is 6. The number of nitrogens with one attached hydrogen (secondary N) is 1. The number of benzene rings is 1. The highest BCUT2D eigenvalue weighted by Gasteiger charge is 2.26. The Morgan fingerprint density at radius 3 is 2.61 bits per heavy atom. The van der Waals surface area contributed by atoms with Gasteiger partial charge >= 0.3 is 0 Å². The second-order valence-electron chi connectivity index (χ2n) is 7.85. The Hall–Kier alpha value is -2.76. The van der Waals surface area contributed by atoms with Gasteiger partial charge in [0.2, 0.25) is 0 Å². The van der Waals surface area contributed by atoms with Crippen LogP contribution < -0.4 is 10.1 Å². The molecular formula is C22H27N3O3. The Kier molecular flexibility index (Phi) is 5.37. The van der Waals surface area contributed by atoms with Gasteiger partial charge in [0.05, 0.1) is 6.61 Å². The highest BCUT2D eigenvalue weighted by atomic mass is 16.5. The molecule has 0 radical (unpaired) electrons. The second-order valence-corrected chi connectivity index (χ2v) is 7.85. The number of hydrogen-bond donors (Lipinski definition) is 1. The first-order valence-corrected chi connectivity index (χ1v) is 10.0. The fourth-order valence-electron chi connectivity index (χ4n) is 3.64. The quantitative estimate of drug-likeness (QED) is 0.837. The van der Waals surface area contributed by atoms with E-state index in [1.54, 1.807) is 12.1 Å². The van der Waals surface area contributed by atoms with Crippen molar-refractivity contribution in [3.63, 3.8) is 0 Å². The Morgan fingerprint density at radius 1 is 1.14 bits per heavy atom. The highest BCUT2D eigenvalue weighted by Crippen LogP contribution is 2.22. The van der Waals surface area contributed by atoms with E-state index >= 15 is 0 Å². The summed E-state index contributed by atoms with van der Waals surface area (Å²) >= 11 is 0. The summed E-state index contributed by atoms with van der Waals surface area (Å²) in [5.74, 6) is 1.14. The van der Waals surface area contributed by atoms with E-state index in [1.807, 2.05) is 47.0 Å². The molecule has 2 aliphatic rings. The number of amides is 2. The highest BCUT2D eigenvalue weighted by molar-refractivity contribution is 5.94. The van der Waals surface area contributed by atoms with Crippen molar-refractivity contribution in [3.8, 4) is 5.75 Å². The van der Waals surface area contributed by atoms with Crippen LogP contribution in [-0.2, 0) is 7.05 Å². The van der Waals surface area contributed by atoms with Gasteiger partial charge in [-0.1, -0.05) is 0 Å². The third-order valence-electron chi connectivity index (χ3n) is 5.48. The van der Waals surface area contributed by atoms with Crippen LogP contribution in [-0.4, -0.2) is 47.0 Å². The van der Waals surface area contributed by atoms with Gasteiger partial charge < -0.3 is 19.5 Å². The summed E-state index contributed by atoms with van der Waals surface area (Å²) in [5, 5.41) is 2.99. The molecule has 0 bridgehead atoms. The molecule has 1 aromatic carbocycles. The van der Waals surface area contributed by atoms with E-state index in [0.29, 0.717) is 30.7 Å². The maximum absolute atomic E-state index is 12.7. The molecule has 2 aromatic rings. The van der Waals surface area contributed by atoms with Gasteiger partial charge in [-0.3, -0.25) is 9.59 Å². The van der Waals surface area contributed by atoms with Crippen molar-refractivity contribution in [2.45, 2.75) is 31.7 Å². The van der Waals surface area contributed by atoms with Crippen LogP contribution in [0.1, 0.15) is 46.5 Å². The predicted octanol–water partition coefficient (Wildman–Crippen LogP) is 2.85. The number of hydrogen-bond acceptors (Lipinski definition) is 3. The lowest BCUT2D eigenvalue weighted by Gasteiger charge is -2.32. The molecule has 4 rings (SSSR count). The molecule has 28 heavy (non-hydrogen) atoms. The molecular weight excluding hydrogens is 354 g/mol. The van der Waals surface area contributed by atoms with E-state index in [2.05, 4.69) is 5.32 Å². The van der Waals surface area contributed by atoms with Crippen LogP contribution in [0.25, 0.3) is 0 Å². The van der Waals surface area contributed by atoms with Crippen LogP contribution in [0.3, 0.4) is 0 Å². The zero-order valence-corrected chi connectivity index (χ0v) is 16.3. The van der Waals surface area contributed by atoms with Crippen LogP contribution >= 0.6 is 0 Å². The summed E-state index contributed by atoms with van der Waals surface area (Å²) in [6, 6.07) is 11.4. The minimum Gasteiger partial charge on any atom is -0.493 e. The predicted molar refractivity (Wildman–Crippen MR) is 106 cm³/mol. The maximum atomic E-state index is 12.7. The standard InChI is InChI=1S/C22H27N3O3/c1-24-12-3-5-20(24)22(27)25-13-2-4-16(14-25)15-28-19-10-6-17(7-11-19)21(26)23-18-8-9-18/h3,5-7,10-12,16,18H,2,4,8-9,13-15H2,1H3,(H,23,26). The first-order valence-electron chi connectivity index (χ1n) is 10.0. The summed E-state index contributed by atoms with van der Waals surface area (Å²) in [5.41, 5.74) is 1.39. The van der Waals surface area contributed by atoms with Gasteiger partial charge in [-0.2, -0.15) is 0 Å². The van der Waals surface area contributed by atoms with E-state index in [-0.39, 0.29) is 11.8 Å². The van der Waals surface area contributed by atoms with Crippen molar-refractivity contribution in [1.29, 1.82) is 0 Å². The molecule has 2 fully saturated rings. The summed E-state index contributed by atoms with van der Waals surface area (Å²) in [6.45, 7) is 2.09. The van der Waals surface area contributed by atoms with E-state index in [9.17, 15) is 9.59 Å². The van der Waals surface area contributed by atoms with Crippen LogP contribution in [0, 0.1) is 5.92 Å². The summed E-state index contributed by atoms with van der Waals surface area (Å²) in [6.07, 6.45) is 6.10. The first kappa shape index (κ1) is 18.6. The fraction of sp³-hybridized carbons (Fsp3) is 0.455. The number of aromatic nitrogens is 1. The molecule has 6 heteroatoms. The number of carbonyl (C=O) groups is 2. The lowest BCUT2D eigenvalue weighted by atomic mass is 9.98. The fourth-order valence-corrected chi connectivity index (χ4v) is 3.64. The third kappa shape index (κ3) is 4.38. The lowest BCUT2D eigenvalue weighted by molar-refractivity contribution is 0.0624. The molecule has 1 aromatic heterocycles. The minimum atomic E-state index is -0.0174. The molecule has 148 valence electrons. The Labute approximate surface area is 165 Å². The van der Waals surface area contributed by atoms with Gasteiger partial charge in [0.25, 0.3) is 11.8 Å². The van der Waals surface area contributed by atoms with Crippen LogP contribution in [0.5, 0.6) is 5.75 Å². The van der Waals surface area contributed by atoms with Gasteiger partial charge in [0, 0.05) is 43.9 Å². The van der Waals surface area contributed by atoms with Crippen molar-refractivity contribution in [2.24, 2.45) is 13.0 Å². The monoisotopic (exact) mass is 381 g/mol. The van der Waals surface area contributed by atoms with Gasteiger partial charge in [0.1, 0.15) is 11.4 Å². The van der Waals surface area contributed by atoms with E-state index in [0.717, 1.165) is 43.7 Å². The second kappa shape index (κ2) is 8.09. The largest absolute Gasteiger partial charge is 0.493 e. The minimum absolute atomic E-state index is 0.0174. The number of carbonyl (C=O) groups excluding carboxylic acids is 2. The zero-order chi connectivity index (χ0) is 19.5. The molecule has 1 unspecified atom stereocenters. The number of ether oxygens (including phenoxy) is 1. The molecule has 1 aliphatic carbocycles. The zero-order valence-electron chi connectivity index (χ0n) is 16.3. The average Bonchev–Trinajstić information content (AvgIpc) is 3.43. The normalized spacial score (nSPS) is 19.3. The third-order valence-corrected chi connectivity index (χ3v) is 5.48. The van der Waals surface area contributed by atoms with Gasteiger partial charge in [-0.05, 0) is 62.1 Å². The average molecular weight is 381 g/mol. The SMILES string of the molecule is Cn1cccc1C(=O)N1CCCC(COc2ccc(C(=O)NC3CC3)cc2)C1. The lowest BCUT2D eigenvalue weighted by Crippen LogP contribution is -2.42. The molecule has 1 aliphatic heterocycles. The topological polar surface area (TPSA) is 63.6 Å². The van der Waals surface area contributed by atoms with E-state index < -0.39 is 0 Å². The van der Waals surface area contributed by atoms with Crippen molar-refractivity contribution >= 4 is 11.8 Å². The van der Waals surface area contributed by atoms with Gasteiger partial charge in [-0.25, -0.2) is 0 Å². The molecule has 0 spiro atoms. The summed E-state index contributed by atoms with van der Waals surface area (Å²) < 4.78 is 7.81. The van der Waals surface area contributed by atoms with Crippen LogP contribution in [0.2, 0.25) is 0 Å². The van der Waals surface area contributed by atoms with Gasteiger partial charge in [0.15, 0.2) is 0 Å². The summed E-state index contributed by atoms with van der Waals surface area (Å²) in [7, 11) is 1.90. The molecule has 6 nitrogen and oxygen atoms in total. The summed E-state index contributed by atoms with van der Waals surface area (Å²) in [4.78, 5) is 26.7. The van der Waals surface area contributed by atoms with Gasteiger partial charge in [-0.15, -0.1) is 0 Å². The molecule has 1 saturated carbocycles. The Balaban J connectivity index is 1.29. The van der Waals surface area contributed by atoms with E-state index in [1.165, 1.54) is 0 Å². The van der Waals surface area contributed by atoms with Crippen LogP contribution in [0.15, 0.2) is 42.6 Å². The maximum Gasteiger partial charge on any atom is 0.270 e. The first-order chi connectivity index (χ1) is 13.6. The smallest absolute Gasteiger partial charge is 0.270 e. The van der Waals surface area contributed by atoms with Crippen molar-refractivity contribution in [3.05, 3.63) is 53.9 Å². The van der Waals surface area contributed by atoms with Crippen LogP contribution in [0.4, 0.5) is 0 Å². The van der Waals surface area contributed by atoms with Crippen molar-refractivity contribution in [1.82, 2.24) is 14.8 Å². The van der Waals surface area contributed by atoms with Crippen molar-refractivity contribution in [2.75, 3.05) is 19.7 Å². The number of nitrogens with zero attached hydrogens (tertiary/aromatic N) is 2. The molecule has 2 heterocycles. The Bertz CT molecular complexity index is 839. The number of likely N-dealkylation sites (tertiary alicyclic amines) is 1. The molecule has 1 N–H and O–H groups in total.